The van der Waals surface area contributed by atoms with Crippen molar-refractivity contribution in [1.82, 2.24) is 19.9 Å². The number of anilines is 1. The summed E-state index contributed by atoms with van der Waals surface area (Å²) in [6.07, 6.45) is 1.38. The van der Waals surface area contributed by atoms with Gasteiger partial charge in [0.25, 0.3) is 0 Å². The minimum Gasteiger partial charge on any atom is -0.497 e. The summed E-state index contributed by atoms with van der Waals surface area (Å²) in [6.45, 7) is 0. The van der Waals surface area contributed by atoms with Gasteiger partial charge in [0, 0.05) is 55.1 Å². The normalized spacial score (nSPS) is 10.2. The van der Waals surface area contributed by atoms with Crippen LogP contribution in [0.1, 0.15) is 0 Å². The van der Waals surface area contributed by atoms with Gasteiger partial charge < -0.3 is 25.4 Å². The van der Waals surface area contributed by atoms with Gasteiger partial charge in [-0.2, -0.15) is 0 Å². The quantitative estimate of drug-likeness (QED) is 0.760. The monoisotopic (exact) mass is 361 g/mol. The Labute approximate surface area is 144 Å². The summed E-state index contributed by atoms with van der Waals surface area (Å²) >= 11 is 1.43. The number of ether oxygens (including phenoxy) is 1. The van der Waals surface area contributed by atoms with E-state index in [2.05, 4.69) is 19.9 Å². The molecule has 0 bridgehead atoms. The zero-order valence-electron chi connectivity index (χ0n) is 10.6. The first-order valence-electron chi connectivity index (χ1n) is 5.49. The number of rotatable bonds is 3. The SMILES string of the molecule is COc1cccc(Sc2nc3c(N)ncnc3[n-]2)c1.[Y]. The first kappa shape index (κ1) is 15.2. The van der Waals surface area contributed by atoms with Gasteiger partial charge in [0.2, 0.25) is 0 Å². The Bertz CT molecular complexity index is 733. The molecule has 0 saturated carbocycles. The van der Waals surface area contributed by atoms with Gasteiger partial charge in [-0.1, -0.05) is 17.8 Å². The van der Waals surface area contributed by atoms with Crippen molar-refractivity contribution in [2.24, 2.45) is 0 Å². The van der Waals surface area contributed by atoms with Gasteiger partial charge in [0.15, 0.2) is 0 Å². The number of hydrogen-bond donors (Lipinski definition) is 1. The minimum atomic E-state index is 0. The third-order valence-corrected chi connectivity index (χ3v) is 3.35. The van der Waals surface area contributed by atoms with Gasteiger partial charge in [-0.05, 0) is 18.2 Å². The molecule has 3 aromatic rings. The van der Waals surface area contributed by atoms with E-state index in [9.17, 15) is 0 Å². The molecule has 0 fully saturated rings. The van der Waals surface area contributed by atoms with Gasteiger partial charge in [-0.3, -0.25) is 0 Å². The van der Waals surface area contributed by atoms with E-state index in [0.29, 0.717) is 22.1 Å². The Hall–Kier alpha value is -1.18. The van der Waals surface area contributed by atoms with Crippen LogP contribution in [0.3, 0.4) is 0 Å². The molecule has 0 spiro atoms. The largest absolute Gasteiger partial charge is 0.497 e. The fraction of sp³-hybridized carbons (Fsp3) is 0.0833. The Morgan fingerprint density at radius 1 is 1.30 bits per heavy atom. The molecule has 2 heterocycles. The summed E-state index contributed by atoms with van der Waals surface area (Å²) in [5.74, 6) is 1.13. The number of nitrogens with zero attached hydrogens (tertiary/aromatic N) is 4. The number of imidazole rings is 1. The predicted octanol–water partition coefficient (Wildman–Crippen LogP) is 1.72. The van der Waals surface area contributed by atoms with E-state index >= 15 is 0 Å². The number of hydrogen-bond acceptors (Lipinski definition) is 6. The number of benzene rings is 1. The first-order chi connectivity index (χ1) is 9.26. The predicted molar refractivity (Wildman–Crippen MR) is 72.2 cm³/mol. The van der Waals surface area contributed by atoms with Crippen molar-refractivity contribution in [2.45, 2.75) is 10.1 Å². The molecule has 20 heavy (non-hydrogen) atoms. The van der Waals surface area contributed by atoms with Gasteiger partial charge in [-0.15, -0.1) is 0 Å². The molecule has 1 radical (unpaired) electrons. The summed E-state index contributed by atoms with van der Waals surface area (Å²) in [4.78, 5) is 17.5. The fourth-order valence-electron chi connectivity index (χ4n) is 1.60. The summed E-state index contributed by atoms with van der Waals surface area (Å²) in [5, 5.41) is 0.593. The molecule has 0 aliphatic heterocycles. The average Bonchev–Trinajstić information content (AvgIpc) is 2.83. The smallest absolute Gasteiger partial charge is 0.134 e. The topological polar surface area (TPSA) is 88.0 Å². The summed E-state index contributed by atoms with van der Waals surface area (Å²) in [7, 11) is 1.63. The van der Waals surface area contributed by atoms with Crippen molar-refractivity contribution in [3.63, 3.8) is 0 Å². The van der Waals surface area contributed by atoms with Crippen LogP contribution in [0, 0.1) is 0 Å². The summed E-state index contributed by atoms with van der Waals surface area (Å²) in [6, 6.07) is 7.68. The van der Waals surface area contributed by atoms with Crippen molar-refractivity contribution < 1.29 is 37.4 Å². The van der Waals surface area contributed by atoms with E-state index in [1.807, 2.05) is 24.3 Å². The molecule has 1 aromatic carbocycles. The van der Waals surface area contributed by atoms with Crippen molar-refractivity contribution in [1.29, 1.82) is 0 Å². The van der Waals surface area contributed by atoms with E-state index < -0.39 is 0 Å². The molecule has 99 valence electrons. The second kappa shape index (κ2) is 6.52. The fourth-order valence-corrected chi connectivity index (χ4v) is 2.40. The molecular formula is C12H10N5OSY-. The minimum absolute atomic E-state index is 0. The van der Waals surface area contributed by atoms with Crippen molar-refractivity contribution >= 4 is 28.7 Å². The molecule has 2 aromatic heterocycles. The molecule has 0 unspecified atom stereocenters. The Morgan fingerprint density at radius 2 is 2.15 bits per heavy atom. The molecule has 0 saturated heterocycles. The third-order valence-electron chi connectivity index (χ3n) is 2.49. The van der Waals surface area contributed by atoms with Crippen LogP contribution in [-0.4, -0.2) is 22.1 Å². The van der Waals surface area contributed by atoms with E-state index in [4.69, 9.17) is 10.5 Å². The van der Waals surface area contributed by atoms with Gasteiger partial charge in [-0.25, -0.2) is 4.98 Å². The average molecular weight is 361 g/mol. The van der Waals surface area contributed by atoms with E-state index in [-0.39, 0.29) is 32.7 Å². The maximum Gasteiger partial charge on any atom is 0.134 e. The second-order valence-electron chi connectivity index (χ2n) is 3.72. The Morgan fingerprint density at radius 3 is 2.90 bits per heavy atom. The molecule has 2 N–H and O–H groups in total. The van der Waals surface area contributed by atoms with Crippen LogP contribution in [0.2, 0.25) is 0 Å². The van der Waals surface area contributed by atoms with E-state index in [1.165, 1.54) is 18.1 Å². The zero-order valence-corrected chi connectivity index (χ0v) is 14.3. The molecule has 6 nitrogen and oxygen atoms in total. The third kappa shape index (κ3) is 3.11. The molecule has 0 aliphatic carbocycles. The second-order valence-corrected chi connectivity index (χ2v) is 4.76. The summed E-state index contributed by atoms with van der Waals surface area (Å²) in [5.41, 5.74) is 6.77. The Kier molecular flexibility index (Phi) is 4.96. The van der Waals surface area contributed by atoms with Crippen molar-refractivity contribution in [3.8, 4) is 5.75 Å². The van der Waals surface area contributed by atoms with E-state index in [1.54, 1.807) is 7.11 Å². The first-order valence-corrected chi connectivity index (χ1v) is 6.31. The van der Waals surface area contributed by atoms with Crippen LogP contribution in [0.25, 0.3) is 11.2 Å². The van der Waals surface area contributed by atoms with Crippen LogP contribution < -0.4 is 15.5 Å². The number of fused-ring (bicyclic) bond motifs is 1. The molecule has 0 amide bonds. The van der Waals surface area contributed by atoms with Gasteiger partial charge >= 0.3 is 0 Å². The van der Waals surface area contributed by atoms with Crippen LogP contribution in [0.5, 0.6) is 5.75 Å². The van der Waals surface area contributed by atoms with Gasteiger partial charge in [0.1, 0.15) is 11.6 Å². The maximum absolute atomic E-state index is 5.73. The maximum atomic E-state index is 5.73. The van der Waals surface area contributed by atoms with Crippen LogP contribution in [0.15, 0.2) is 40.6 Å². The molecular weight excluding hydrogens is 351 g/mol. The molecule has 3 rings (SSSR count). The van der Waals surface area contributed by atoms with Crippen LogP contribution in [-0.2, 0) is 32.7 Å². The van der Waals surface area contributed by atoms with Crippen LogP contribution in [0.4, 0.5) is 5.82 Å². The zero-order chi connectivity index (χ0) is 13.2. The number of nitrogens with two attached hydrogens (primary N) is 1. The molecule has 0 aliphatic rings. The number of nitrogen functional groups attached to an aromatic ring is 1. The number of methoxy groups -OCH3 is 1. The Balaban J connectivity index is 0.00000147. The van der Waals surface area contributed by atoms with Crippen molar-refractivity contribution in [3.05, 3.63) is 30.6 Å². The summed E-state index contributed by atoms with van der Waals surface area (Å²) < 4.78 is 5.17. The molecule has 8 heteroatoms. The van der Waals surface area contributed by atoms with E-state index in [0.717, 1.165) is 10.6 Å². The van der Waals surface area contributed by atoms with Gasteiger partial charge in [0.05, 0.1) is 12.3 Å². The number of aromatic nitrogens is 4. The van der Waals surface area contributed by atoms with Crippen LogP contribution >= 0.6 is 11.8 Å². The standard InChI is InChI=1S/C12H10N5OS.Y/c1-18-7-3-2-4-8(5-7)19-12-16-9-10(13)14-6-15-11(9)17-12;/h2-6H,1H3,(H2-,13,14,15,16,17);/q-1;. The molecule has 0 atom stereocenters. The van der Waals surface area contributed by atoms with Crippen molar-refractivity contribution in [2.75, 3.05) is 12.8 Å².